The van der Waals surface area contributed by atoms with E-state index in [2.05, 4.69) is 25.4 Å². The predicted molar refractivity (Wildman–Crippen MR) is 139 cm³/mol. The average Bonchev–Trinajstić information content (AvgIpc) is 3.49. The number of amides is 1. The van der Waals surface area contributed by atoms with Crippen LogP contribution >= 0.6 is 23.2 Å². The van der Waals surface area contributed by atoms with Gasteiger partial charge in [0.2, 0.25) is 0 Å². The number of imidazole rings is 1. The fraction of sp³-hybridized carbons (Fsp3) is 0.154. The Hall–Kier alpha value is -3.79. The Balaban J connectivity index is 1.43. The molecule has 0 bridgehead atoms. The van der Waals surface area contributed by atoms with Gasteiger partial charge in [-0.25, -0.2) is 19.0 Å². The van der Waals surface area contributed by atoms with Crippen LogP contribution in [-0.4, -0.2) is 42.3 Å². The largest absolute Gasteiger partial charge is 0.388 e. The molecular weight excluding hydrogens is 518 g/mol. The Morgan fingerprint density at radius 3 is 2.59 bits per heavy atom. The molecule has 1 amide bonds. The van der Waals surface area contributed by atoms with E-state index >= 15 is 0 Å². The van der Waals surface area contributed by atoms with Crippen molar-refractivity contribution in [1.29, 1.82) is 0 Å². The Labute approximate surface area is 221 Å². The molecule has 0 aliphatic heterocycles. The molecule has 0 aliphatic carbocycles. The highest BCUT2D eigenvalue weighted by atomic mass is 35.5. The van der Waals surface area contributed by atoms with Gasteiger partial charge in [-0.3, -0.25) is 4.79 Å². The molecule has 0 fully saturated rings. The molecule has 0 spiro atoms. The number of aromatic nitrogens is 5. The molecule has 0 saturated heterocycles. The summed E-state index contributed by atoms with van der Waals surface area (Å²) in [6, 6.07) is 15.1. The standard InChI is InChI=1S/C26H21Cl2FN6O2/c1-14-32-22-6-5-16(8-23(22)33-14)19(15-3-2-4-17(29)7-15)11-30-26(37)25-20(27)9-18(10-21(25)28)35-13-31-24(12-36)34-35/h2-10,13,19,36H,11-12H2,1H3,(H,30,37)(H,32,33)/t19-/m0/s1. The number of rotatable bonds is 7. The molecule has 0 saturated carbocycles. The lowest BCUT2D eigenvalue weighted by atomic mass is 9.90. The van der Waals surface area contributed by atoms with Crippen molar-refractivity contribution in [2.24, 2.45) is 0 Å². The summed E-state index contributed by atoms with van der Waals surface area (Å²) in [5.41, 5.74) is 3.84. The number of aliphatic hydroxyl groups is 1. The van der Waals surface area contributed by atoms with Gasteiger partial charge in [-0.05, 0) is 54.4 Å². The number of carbonyl (C=O) groups excluding carboxylic acids is 1. The number of aliphatic hydroxyl groups excluding tert-OH is 1. The van der Waals surface area contributed by atoms with E-state index in [-0.39, 0.29) is 46.3 Å². The topological polar surface area (TPSA) is 109 Å². The maximum absolute atomic E-state index is 14.1. The number of aromatic amines is 1. The zero-order valence-electron chi connectivity index (χ0n) is 19.5. The minimum absolute atomic E-state index is 0.104. The van der Waals surface area contributed by atoms with Crippen molar-refractivity contribution >= 4 is 40.1 Å². The third kappa shape index (κ3) is 5.20. The normalized spacial score (nSPS) is 12.1. The molecule has 5 rings (SSSR count). The number of halogens is 3. The molecule has 0 radical (unpaired) electrons. The summed E-state index contributed by atoms with van der Waals surface area (Å²) >= 11 is 12.9. The maximum Gasteiger partial charge on any atom is 0.254 e. The van der Waals surface area contributed by atoms with Gasteiger partial charge in [-0.2, -0.15) is 0 Å². The van der Waals surface area contributed by atoms with Crippen LogP contribution in [0.2, 0.25) is 10.0 Å². The Morgan fingerprint density at radius 2 is 1.89 bits per heavy atom. The molecule has 37 heavy (non-hydrogen) atoms. The zero-order chi connectivity index (χ0) is 26.1. The van der Waals surface area contributed by atoms with E-state index in [0.29, 0.717) is 11.3 Å². The van der Waals surface area contributed by atoms with Gasteiger partial charge in [0.1, 0.15) is 24.6 Å². The summed E-state index contributed by atoms with van der Waals surface area (Å²) in [5, 5.41) is 16.4. The number of aryl methyl sites for hydroxylation is 1. The van der Waals surface area contributed by atoms with E-state index in [1.165, 1.54) is 35.3 Å². The number of hydrogen-bond donors (Lipinski definition) is 3. The SMILES string of the molecule is Cc1nc2ccc([C@@H](CNC(=O)c3c(Cl)cc(-n4cnc(CO)n4)cc3Cl)c3cccc(F)c3)cc2[nH]1. The van der Waals surface area contributed by atoms with Crippen LogP contribution in [0.1, 0.15) is 39.1 Å². The zero-order valence-corrected chi connectivity index (χ0v) is 21.1. The number of fused-ring (bicyclic) bond motifs is 1. The third-order valence-electron chi connectivity index (χ3n) is 5.94. The average molecular weight is 539 g/mol. The molecular formula is C26H21Cl2FN6O2. The quantitative estimate of drug-likeness (QED) is 0.271. The molecule has 0 unspecified atom stereocenters. The highest BCUT2D eigenvalue weighted by molar-refractivity contribution is 6.40. The molecule has 8 nitrogen and oxygen atoms in total. The first kappa shape index (κ1) is 24.9. The lowest BCUT2D eigenvalue weighted by Gasteiger charge is -2.20. The number of nitrogens with one attached hydrogen (secondary N) is 2. The van der Waals surface area contributed by atoms with Gasteiger partial charge in [0, 0.05) is 12.5 Å². The van der Waals surface area contributed by atoms with E-state index in [4.69, 9.17) is 23.2 Å². The number of nitrogens with zero attached hydrogens (tertiary/aromatic N) is 4. The summed E-state index contributed by atoms with van der Waals surface area (Å²) < 4.78 is 15.5. The molecule has 2 aromatic heterocycles. The van der Waals surface area contributed by atoms with E-state index in [0.717, 1.165) is 22.4 Å². The predicted octanol–water partition coefficient (Wildman–Crippen LogP) is 4.95. The molecule has 0 aliphatic rings. The van der Waals surface area contributed by atoms with E-state index in [1.807, 2.05) is 31.2 Å². The Kier molecular flexibility index (Phi) is 6.92. The Bertz CT molecular complexity index is 1590. The van der Waals surface area contributed by atoms with Crippen molar-refractivity contribution in [1.82, 2.24) is 30.0 Å². The molecule has 188 valence electrons. The van der Waals surface area contributed by atoms with Crippen LogP contribution in [-0.2, 0) is 6.61 Å². The Morgan fingerprint density at radius 1 is 1.14 bits per heavy atom. The van der Waals surface area contributed by atoms with E-state index in [9.17, 15) is 14.3 Å². The molecule has 11 heteroatoms. The van der Waals surface area contributed by atoms with Gasteiger partial charge in [-0.15, -0.1) is 5.10 Å². The van der Waals surface area contributed by atoms with Gasteiger partial charge in [-0.1, -0.05) is 41.4 Å². The summed E-state index contributed by atoms with van der Waals surface area (Å²) in [5.74, 6) is -0.172. The van der Waals surface area contributed by atoms with Crippen LogP contribution in [0.15, 0.2) is 60.9 Å². The van der Waals surface area contributed by atoms with Crippen molar-refractivity contribution in [2.45, 2.75) is 19.4 Å². The minimum atomic E-state index is -0.476. The van der Waals surface area contributed by atoms with Gasteiger partial charge in [0.05, 0.1) is 32.3 Å². The van der Waals surface area contributed by atoms with Gasteiger partial charge >= 0.3 is 0 Å². The van der Waals surface area contributed by atoms with E-state index < -0.39 is 5.91 Å². The second kappa shape index (κ2) is 10.3. The fourth-order valence-electron chi connectivity index (χ4n) is 4.21. The van der Waals surface area contributed by atoms with Gasteiger partial charge in [0.25, 0.3) is 5.91 Å². The van der Waals surface area contributed by atoms with Gasteiger partial charge in [0.15, 0.2) is 5.82 Å². The summed E-state index contributed by atoms with van der Waals surface area (Å²) in [7, 11) is 0. The van der Waals surface area contributed by atoms with Crippen LogP contribution < -0.4 is 5.32 Å². The minimum Gasteiger partial charge on any atom is -0.388 e. The van der Waals surface area contributed by atoms with Gasteiger partial charge < -0.3 is 15.4 Å². The second-order valence-corrected chi connectivity index (χ2v) is 9.28. The molecule has 2 heterocycles. The fourth-order valence-corrected chi connectivity index (χ4v) is 4.86. The van der Waals surface area contributed by atoms with Crippen LogP contribution in [0, 0.1) is 12.7 Å². The molecule has 5 aromatic rings. The first-order valence-electron chi connectivity index (χ1n) is 11.3. The number of benzene rings is 3. The van der Waals surface area contributed by atoms with Crippen LogP contribution in [0.3, 0.4) is 0 Å². The molecule has 1 atom stereocenters. The first-order chi connectivity index (χ1) is 17.8. The van der Waals surface area contributed by atoms with Crippen LogP contribution in [0.5, 0.6) is 0 Å². The number of carbonyl (C=O) groups is 1. The van der Waals surface area contributed by atoms with Crippen molar-refractivity contribution < 1.29 is 14.3 Å². The second-order valence-electron chi connectivity index (χ2n) is 8.46. The third-order valence-corrected chi connectivity index (χ3v) is 6.54. The summed E-state index contributed by atoms with van der Waals surface area (Å²) in [6.07, 6.45) is 1.41. The first-order valence-corrected chi connectivity index (χ1v) is 12.1. The maximum atomic E-state index is 14.1. The van der Waals surface area contributed by atoms with Crippen molar-refractivity contribution in [2.75, 3.05) is 6.54 Å². The van der Waals surface area contributed by atoms with Crippen LogP contribution in [0.25, 0.3) is 16.7 Å². The monoisotopic (exact) mass is 538 g/mol. The molecule has 3 N–H and O–H groups in total. The lowest BCUT2D eigenvalue weighted by molar-refractivity contribution is 0.0952. The summed E-state index contributed by atoms with van der Waals surface area (Å²) in [6.45, 7) is 1.73. The lowest BCUT2D eigenvalue weighted by Crippen LogP contribution is -2.29. The van der Waals surface area contributed by atoms with Crippen molar-refractivity contribution in [3.05, 3.63) is 105 Å². The highest BCUT2D eigenvalue weighted by Crippen LogP contribution is 2.30. The number of hydrogen-bond acceptors (Lipinski definition) is 5. The summed E-state index contributed by atoms with van der Waals surface area (Å²) in [4.78, 5) is 24.8. The molecule has 3 aromatic carbocycles. The smallest absolute Gasteiger partial charge is 0.254 e. The van der Waals surface area contributed by atoms with Crippen LogP contribution in [0.4, 0.5) is 4.39 Å². The van der Waals surface area contributed by atoms with Crippen molar-refractivity contribution in [3.8, 4) is 5.69 Å². The highest BCUT2D eigenvalue weighted by Gasteiger charge is 2.21. The number of H-pyrrole nitrogens is 1. The van der Waals surface area contributed by atoms with E-state index in [1.54, 1.807) is 6.07 Å². The van der Waals surface area contributed by atoms with Crippen molar-refractivity contribution in [3.63, 3.8) is 0 Å².